The van der Waals surface area contributed by atoms with Gasteiger partial charge in [0.1, 0.15) is 17.2 Å². The predicted octanol–water partition coefficient (Wildman–Crippen LogP) is 3.51. The van der Waals surface area contributed by atoms with Gasteiger partial charge in [-0.1, -0.05) is 11.6 Å². The number of furan rings is 1. The van der Waals surface area contributed by atoms with Crippen LogP contribution in [0, 0.1) is 32.1 Å². The second kappa shape index (κ2) is 7.47. The Morgan fingerprint density at radius 2 is 2.07 bits per heavy atom. The number of hydrogen-bond donors (Lipinski definition) is 1. The van der Waals surface area contributed by atoms with E-state index in [2.05, 4.69) is 0 Å². The molecule has 1 N–H and O–H groups in total. The van der Waals surface area contributed by atoms with Gasteiger partial charge in [0, 0.05) is 17.6 Å². The molecule has 1 aliphatic rings. The second-order valence-electron chi connectivity index (χ2n) is 7.75. The quantitative estimate of drug-likeness (QED) is 0.665. The highest BCUT2D eigenvalue weighted by molar-refractivity contribution is 6.12. The van der Waals surface area contributed by atoms with Gasteiger partial charge in [-0.15, -0.1) is 0 Å². The van der Waals surface area contributed by atoms with E-state index in [1.54, 1.807) is 13.0 Å². The van der Waals surface area contributed by atoms with E-state index >= 15 is 0 Å². The molecule has 3 aromatic rings. The summed E-state index contributed by atoms with van der Waals surface area (Å²) >= 11 is 0. The van der Waals surface area contributed by atoms with Crippen LogP contribution in [0.4, 0.5) is 0 Å². The van der Waals surface area contributed by atoms with Gasteiger partial charge in [-0.05, 0) is 51.3 Å². The van der Waals surface area contributed by atoms with Crippen molar-refractivity contribution >= 4 is 16.8 Å². The number of carbonyl (C=O) groups is 1. The summed E-state index contributed by atoms with van der Waals surface area (Å²) in [6.07, 6.45) is 1.36. The van der Waals surface area contributed by atoms with E-state index in [-0.39, 0.29) is 35.1 Å². The van der Waals surface area contributed by atoms with Crippen LogP contribution in [-0.4, -0.2) is 28.2 Å². The lowest BCUT2D eigenvalue weighted by Crippen LogP contribution is -2.30. The highest BCUT2D eigenvalue weighted by Crippen LogP contribution is 2.32. The van der Waals surface area contributed by atoms with Crippen LogP contribution in [0.1, 0.15) is 51.2 Å². The van der Waals surface area contributed by atoms with Crippen LogP contribution in [-0.2, 0) is 11.3 Å². The second-order valence-corrected chi connectivity index (χ2v) is 7.75. The van der Waals surface area contributed by atoms with E-state index in [1.807, 2.05) is 25.1 Å². The van der Waals surface area contributed by atoms with E-state index in [9.17, 15) is 20.0 Å². The summed E-state index contributed by atoms with van der Waals surface area (Å²) in [7, 11) is 0. The Labute approximate surface area is 173 Å². The molecule has 0 bridgehead atoms. The molecule has 1 aromatic carbocycles. The summed E-state index contributed by atoms with van der Waals surface area (Å²) in [4.78, 5) is 26.2. The number of aryl methyl sites for hydroxylation is 2. The smallest absolute Gasteiger partial charge is 0.271 e. The summed E-state index contributed by atoms with van der Waals surface area (Å²) in [5.41, 5.74) is 1.49. The number of rotatable bonds is 4. The van der Waals surface area contributed by atoms with Gasteiger partial charge in [0.25, 0.3) is 5.56 Å². The molecule has 7 nitrogen and oxygen atoms in total. The molecule has 0 saturated carbocycles. The number of hydrogen-bond acceptors (Lipinski definition) is 6. The van der Waals surface area contributed by atoms with Crippen LogP contribution < -0.4 is 5.56 Å². The van der Waals surface area contributed by atoms with Crippen molar-refractivity contribution < 1.29 is 19.1 Å². The first kappa shape index (κ1) is 19.9. The number of nitrogens with zero attached hydrogens (tertiary/aromatic N) is 2. The average molecular weight is 406 g/mol. The van der Waals surface area contributed by atoms with Crippen molar-refractivity contribution in [2.75, 3.05) is 6.61 Å². The lowest BCUT2D eigenvalue weighted by molar-refractivity contribution is 0.0926. The molecule has 1 atom stereocenters. The van der Waals surface area contributed by atoms with Crippen LogP contribution in [0.15, 0.2) is 27.4 Å². The number of fused-ring (bicyclic) bond motifs is 1. The van der Waals surface area contributed by atoms with Gasteiger partial charge in [0.2, 0.25) is 11.7 Å². The van der Waals surface area contributed by atoms with Gasteiger partial charge in [-0.3, -0.25) is 14.2 Å². The Hall–Kier alpha value is -3.37. The number of carbonyl (C=O) groups excluding carboxylic acids is 1. The Bertz CT molecular complexity index is 1270. The normalized spacial score (nSPS) is 16.1. The topological polar surface area (TPSA) is 105 Å². The van der Waals surface area contributed by atoms with Crippen molar-refractivity contribution in [3.8, 4) is 11.9 Å². The van der Waals surface area contributed by atoms with Gasteiger partial charge in [0.15, 0.2) is 5.76 Å². The molecule has 1 saturated heterocycles. The molecule has 1 aliphatic heterocycles. The van der Waals surface area contributed by atoms with E-state index < -0.39 is 17.2 Å². The first-order valence-electron chi connectivity index (χ1n) is 9.86. The Morgan fingerprint density at radius 1 is 1.30 bits per heavy atom. The molecule has 2 aromatic heterocycles. The van der Waals surface area contributed by atoms with E-state index in [1.165, 1.54) is 6.92 Å². The average Bonchev–Trinajstić information content (AvgIpc) is 3.34. The molecule has 1 unspecified atom stereocenters. The fourth-order valence-electron chi connectivity index (χ4n) is 4.05. The first-order valence-corrected chi connectivity index (χ1v) is 9.86. The monoisotopic (exact) mass is 406 g/mol. The number of ketones is 1. The number of aromatic hydroxyl groups is 1. The fourth-order valence-corrected chi connectivity index (χ4v) is 4.05. The number of pyridine rings is 1. The summed E-state index contributed by atoms with van der Waals surface area (Å²) in [6, 6.07) is 7.49. The molecule has 0 radical (unpaired) electrons. The largest absolute Gasteiger partial charge is 0.494 e. The van der Waals surface area contributed by atoms with Gasteiger partial charge >= 0.3 is 0 Å². The van der Waals surface area contributed by atoms with Crippen molar-refractivity contribution in [1.29, 1.82) is 5.26 Å². The fraction of sp³-hybridized carbons (Fsp3) is 0.348. The van der Waals surface area contributed by atoms with E-state index in [0.717, 1.165) is 28.4 Å². The zero-order chi connectivity index (χ0) is 21.6. The van der Waals surface area contributed by atoms with E-state index in [0.29, 0.717) is 17.8 Å². The van der Waals surface area contributed by atoms with Gasteiger partial charge in [-0.25, -0.2) is 0 Å². The van der Waals surface area contributed by atoms with Crippen molar-refractivity contribution in [1.82, 2.24) is 4.57 Å². The van der Waals surface area contributed by atoms with Crippen molar-refractivity contribution in [2.24, 2.45) is 0 Å². The standard InChI is InChI=1S/C23H22N2O5/c1-12-6-7-18-16(9-12)14(3)21(30-18)20(26)19-13(2)17(10-24)22(27)25(23(19)28)11-15-5-4-8-29-15/h6-7,9,15,28H,4-5,8,11H2,1-3H3. The minimum Gasteiger partial charge on any atom is -0.494 e. The number of ether oxygens (including phenoxy) is 1. The number of nitriles is 1. The van der Waals surface area contributed by atoms with Crippen molar-refractivity contribution in [2.45, 2.75) is 46.3 Å². The van der Waals surface area contributed by atoms with Gasteiger partial charge < -0.3 is 14.3 Å². The van der Waals surface area contributed by atoms with Gasteiger partial charge in [-0.2, -0.15) is 5.26 Å². The molecule has 7 heteroatoms. The number of aromatic nitrogens is 1. The summed E-state index contributed by atoms with van der Waals surface area (Å²) in [5.74, 6) is -0.942. The van der Waals surface area contributed by atoms with Crippen LogP contribution in [0.5, 0.6) is 5.88 Å². The highest BCUT2D eigenvalue weighted by atomic mass is 16.5. The molecule has 4 rings (SSSR count). The molecule has 3 heterocycles. The maximum Gasteiger partial charge on any atom is 0.271 e. The Balaban J connectivity index is 1.90. The lowest BCUT2D eigenvalue weighted by atomic mass is 9.98. The number of benzene rings is 1. The molecule has 0 spiro atoms. The van der Waals surface area contributed by atoms with Crippen LogP contribution in [0.2, 0.25) is 0 Å². The molecule has 0 aliphatic carbocycles. The predicted molar refractivity (Wildman–Crippen MR) is 110 cm³/mol. The third-order valence-electron chi connectivity index (χ3n) is 5.74. The minimum atomic E-state index is -0.628. The maximum absolute atomic E-state index is 13.4. The van der Waals surface area contributed by atoms with Crippen molar-refractivity contribution in [3.05, 3.63) is 62.1 Å². The summed E-state index contributed by atoms with van der Waals surface area (Å²) in [6.45, 7) is 5.88. The molecular formula is C23H22N2O5. The molecule has 0 amide bonds. The van der Waals surface area contributed by atoms with Crippen molar-refractivity contribution in [3.63, 3.8) is 0 Å². The zero-order valence-electron chi connectivity index (χ0n) is 17.1. The molecule has 1 fully saturated rings. The van der Waals surface area contributed by atoms with Gasteiger partial charge in [0.05, 0.1) is 18.2 Å². The Kier molecular flexibility index (Phi) is 4.96. The SMILES string of the molecule is Cc1ccc2oc(C(=O)c3c(C)c(C#N)c(=O)n(CC4CCCO4)c3O)c(C)c2c1. The Morgan fingerprint density at radius 3 is 2.73 bits per heavy atom. The van der Waals surface area contributed by atoms with Crippen LogP contribution in [0.3, 0.4) is 0 Å². The molecular weight excluding hydrogens is 384 g/mol. The summed E-state index contributed by atoms with van der Waals surface area (Å²) in [5, 5.41) is 21.3. The highest BCUT2D eigenvalue weighted by Gasteiger charge is 2.30. The molecule has 154 valence electrons. The van der Waals surface area contributed by atoms with Crippen LogP contribution >= 0.6 is 0 Å². The third kappa shape index (κ3) is 3.10. The first-order chi connectivity index (χ1) is 14.3. The zero-order valence-corrected chi connectivity index (χ0v) is 17.1. The van der Waals surface area contributed by atoms with E-state index in [4.69, 9.17) is 9.15 Å². The third-order valence-corrected chi connectivity index (χ3v) is 5.74. The lowest BCUT2D eigenvalue weighted by Gasteiger charge is -2.17. The maximum atomic E-state index is 13.4. The van der Waals surface area contributed by atoms with Crippen LogP contribution in [0.25, 0.3) is 11.0 Å². The summed E-state index contributed by atoms with van der Waals surface area (Å²) < 4.78 is 12.4. The molecule has 30 heavy (non-hydrogen) atoms. The minimum absolute atomic E-state index is 0.0816.